The summed E-state index contributed by atoms with van der Waals surface area (Å²) < 4.78 is 1.98. The van der Waals surface area contributed by atoms with Crippen molar-refractivity contribution in [3.63, 3.8) is 0 Å². The van der Waals surface area contributed by atoms with Crippen LogP contribution in [0.15, 0.2) is 48.6 Å². The van der Waals surface area contributed by atoms with Crippen LogP contribution in [0.3, 0.4) is 0 Å². The van der Waals surface area contributed by atoms with E-state index in [-0.39, 0.29) is 23.5 Å². The highest BCUT2D eigenvalue weighted by molar-refractivity contribution is 7.18. The maximum atomic E-state index is 12.6. The average molecular weight is 457 g/mol. The predicted octanol–water partition coefficient (Wildman–Crippen LogP) is 3.72. The summed E-state index contributed by atoms with van der Waals surface area (Å²) in [5.74, 6) is -0.357. The fourth-order valence-electron chi connectivity index (χ4n) is 3.68. The van der Waals surface area contributed by atoms with E-state index in [2.05, 4.69) is 5.32 Å². The van der Waals surface area contributed by atoms with Crippen LogP contribution in [0.2, 0.25) is 4.34 Å². The molecule has 0 saturated heterocycles. The molecule has 7 nitrogen and oxygen atoms in total. The molecule has 9 heteroatoms. The van der Waals surface area contributed by atoms with Crippen molar-refractivity contribution in [3.05, 3.63) is 80.0 Å². The molecule has 160 valence electrons. The van der Waals surface area contributed by atoms with Crippen molar-refractivity contribution >= 4 is 34.7 Å². The number of nitrogens with zero attached hydrogens (tertiary/aromatic N) is 1. The second kappa shape index (κ2) is 8.49. The summed E-state index contributed by atoms with van der Waals surface area (Å²) in [6, 6.07) is 10.0. The maximum Gasteiger partial charge on any atom is 0.262 e. The van der Waals surface area contributed by atoms with E-state index in [1.807, 2.05) is 18.2 Å². The number of nitrogens with two attached hydrogens (primary N) is 1. The summed E-state index contributed by atoms with van der Waals surface area (Å²) in [6.07, 6.45) is 4.69. The zero-order chi connectivity index (χ0) is 22.1. The van der Waals surface area contributed by atoms with Crippen molar-refractivity contribution in [2.24, 2.45) is 5.73 Å². The SMILES string of the molecule is N=C(N)c1ccc(CCn2c(O)c3c(c2O)[C@H](NC(=O)c2ccc(Cl)s2)C=CC3)cc1. The van der Waals surface area contributed by atoms with Crippen LogP contribution in [0, 0.1) is 5.41 Å². The Morgan fingerprint density at radius 1 is 1.23 bits per heavy atom. The van der Waals surface area contributed by atoms with Crippen molar-refractivity contribution in [1.29, 1.82) is 5.41 Å². The van der Waals surface area contributed by atoms with Crippen LogP contribution in [-0.2, 0) is 19.4 Å². The predicted molar refractivity (Wildman–Crippen MR) is 121 cm³/mol. The number of amidine groups is 1. The lowest BCUT2D eigenvalue weighted by Gasteiger charge is -2.19. The highest BCUT2D eigenvalue weighted by atomic mass is 35.5. The number of benzene rings is 1. The van der Waals surface area contributed by atoms with E-state index in [1.165, 1.54) is 15.9 Å². The van der Waals surface area contributed by atoms with Gasteiger partial charge in [-0.2, -0.15) is 0 Å². The van der Waals surface area contributed by atoms with E-state index in [4.69, 9.17) is 22.7 Å². The molecule has 1 aliphatic carbocycles. The number of nitrogen functional groups attached to an aromatic ring is 1. The normalized spacial score (nSPS) is 14.9. The molecule has 0 bridgehead atoms. The van der Waals surface area contributed by atoms with E-state index >= 15 is 0 Å². The third kappa shape index (κ3) is 4.17. The monoisotopic (exact) mass is 456 g/mol. The van der Waals surface area contributed by atoms with Crippen LogP contribution in [0.25, 0.3) is 0 Å². The maximum absolute atomic E-state index is 12.6. The van der Waals surface area contributed by atoms with Gasteiger partial charge in [0.05, 0.1) is 15.3 Å². The molecule has 0 unspecified atom stereocenters. The zero-order valence-electron chi connectivity index (χ0n) is 16.4. The summed E-state index contributed by atoms with van der Waals surface area (Å²) >= 11 is 7.10. The van der Waals surface area contributed by atoms with Gasteiger partial charge in [-0.05, 0) is 30.5 Å². The molecule has 2 aromatic heterocycles. The number of aromatic hydroxyl groups is 2. The van der Waals surface area contributed by atoms with Crippen LogP contribution in [0.5, 0.6) is 11.8 Å². The van der Waals surface area contributed by atoms with Crippen molar-refractivity contribution < 1.29 is 15.0 Å². The third-order valence-corrected chi connectivity index (χ3v) is 6.51. The molecular weight excluding hydrogens is 436 g/mol. The third-order valence-electron chi connectivity index (χ3n) is 5.28. The number of carbonyl (C=O) groups is 1. The molecule has 2 heterocycles. The Kier molecular flexibility index (Phi) is 5.75. The minimum Gasteiger partial charge on any atom is -0.494 e. The molecule has 1 amide bonds. The van der Waals surface area contributed by atoms with Gasteiger partial charge in [-0.25, -0.2) is 0 Å². The minimum atomic E-state index is -0.556. The molecule has 6 N–H and O–H groups in total. The lowest BCUT2D eigenvalue weighted by molar-refractivity contribution is 0.0947. The van der Waals surface area contributed by atoms with Gasteiger partial charge in [-0.1, -0.05) is 48.0 Å². The van der Waals surface area contributed by atoms with Gasteiger partial charge >= 0.3 is 0 Å². The molecule has 1 atom stereocenters. The number of halogens is 1. The average Bonchev–Trinajstić information content (AvgIpc) is 3.29. The smallest absolute Gasteiger partial charge is 0.262 e. The molecule has 4 rings (SSSR count). The van der Waals surface area contributed by atoms with Gasteiger partial charge in [0.2, 0.25) is 0 Å². The first-order chi connectivity index (χ1) is 14.8. The Balaban J connectivity index is 1.54. The van der Waals surface area contributed by atoms with Gasteiger partial charge < -0.3 is 21.3 Å². The molecule has 0 fully saturated rings. The topological polar surface area (TPSA) is 124 Å². The summed E-state index contributed by atoms with van der Waals surface area (Å²) in [4.78, 5) is 13.0. The van der Waals surface area contributed by atoms with Gasteiger partial charge in [-0.15, -0.1) is 11.3 Å². The summed E-state index contributed by atoms with van der Waals surface area (Å²) in [5, 5.41) is 31.9. The number of carbonyl (C=O) groups excluding carboxylic acids is 1. The fraction of sp³-hybridized carbons (Fsp3) is 0.182. The summed E-state index contributed by atoms with van der Waals surface area (Å²) in [7, 11) is 0. The molecule has 31 heavy (non-hydrogen) atoms. The number of allylic oxidation sites excluding steroid dienone is 1. The fourth-order valence-corrected chi connectivity index (χ4v) is 4.63. The van der Waals surface area contributed by atoms with Crippen LogP contribution in [0.1, 0.15) is 38.0 Å². The number of rotatable bonds is 6. The number of hydrogen-bond acceptors (Lipinski definition) is 5. The number of thiophene rings is 1. The van der Waals surface area contributed by atoms with Crippen LogP contribution in [-0.4, -0.2) is 26.5 Å². The van der Waals surface area contributed by atoms with Crippen LogP contribution < -0.4 is 11.1 Å². The Morgan fingerprint density at radius 3 is 2.61 bits per heavy atom. The van der Waals surface area contributed by atoms with E-state index in [9.17, 15) is 15.0 Å². The van der Waals surface area contributed by atoms with E-state index in [0.717, 1.165) is 5.56 Å². The van der Waals surface area contributed by atoms with Gasteiger partial charge in [-0.3, -0.25) is 14.8 Å². The lowest BCUT2D eigenvalue weighted by Crippen LogP contribution is -2.28. The summed E-state index contributed by atoms with van der Waals surface area (Å²) in [6.45, 7) is 0.352. The molecule has 0 radical (unpaired) electrons. The summed E-state index contributed by atoms with van der Waals surface area (Å²) in [5.41, 5.74) is 8.20. The minimum absolute atomic E-state index is 0.00405. The van der Waals surface area contributed by atoms with Crippen molar-refractivity contribution in [3.8, 4) is 11.8 Å². The number of aryl methyl sites for hydroxylation is 1. The van der Waals surface area contributed by atoms with E-state index < -0.39 is 6.04 Å². The molecule has 3 aromatic rings. The number of aromatic nitrogens is 1. The first-order valence-electron chi connectivity index (χ1n) is 9.64. The Bertz CT molecular complexity index is 1180. The largest absolute Gasteiger partial charge is 0.494 e. The zero-order valence-corrected chi connectivity index (χ0v) is 18.0. The lowest BCUT2D eigenvalue weighted by atomic mass is 9.96. The van der Waals surface area contributed by atoms with Crippen LogP contribution >= 0.6 is 22.9 Å². The number of fused-ring (bicyclic) bond motifs is 1. The standard InChI is InChI=1S/C22H21ClN4O3S/c23-17-9-8-16(31-17)20(28)26-15-3-1-2-14-18(15)22(30)27(21(14)29)11-10-12-4-6-13(7-5-12)19(24)25/h1,3-9,15,29-30H,2,10-11H2,(H3,24,25)(H,26,28)/t15-/m1/s1. The first kappa shape index (κ1) is 21.0. The van der Waals surface area contributed by atoms with Crippen molar-refractivity contribution in [1.82, 2.24) is 9.88 Å². The highest BCUT2D eigenvalue weighted by Gasteiger charge is 2.30. The van der Waals surface area contributed by atoms with Crippen molar-refractivity contribution in [2.45, 2.75) is 25.4 Å². The van der Waals surface area contributed by atoms with Crippen molar-refractivity contribution in [2.75, 3.05) is 0 Å². The number of hydrogen-bond donors (Lipinski definition) is 5. The van der Waals surface area contributed by atoms with Gasteiger partial charge in [0, 0.05) is 23.2 Å². The van der Waals surface area contributed by atoms with Gasteiger partial charge in [0.1, 0.15) is 5.84 Å². The first-order valence-corrected chi connectivity index (χ1v) is 10.8. The molecule has 0 aliphatic heterocycles. The molecule has 1 aromatic carbocycles. The Labute approximate surface area is 187 Å². The molecule has 0 spiro atoms. The number of nitrogens with one attached hydrogen (secondary N) is 2. The second-order valence-electron chi connectivity index (χ2n) is 7.24. The molecule has 1 aliphatic rings. The number of amides is 1. The van der Waals surface area contributed by atoms with Gasteiger partial charge in [0.15, 0.2) is 11.8 Å². The van der Waals surface area contributed by atoms with E-state index in [0.29, 0.717) is 45.3 Å². The Hall–Kier alpha value is -3.23. The van der Waals surface area contributed by atoms with E-state index in [1.54, 1.807) is 30.3 Å². The molecular formula is C22H21ClN4O3S. The quantitative estimate of drug-likeness (QED) is 0.220. The highest BCUT2D eigenvalue weighted by Crippen LogP contribution is 2.41. The van der Waals surface area contributed by atoms with Crippen LogP contribution in [0.4, 0.5) is 0 Å². The second-order valence-corrected chi connectivity index (χ2v) is 8.95. The van der Waals surface area contributed by atoms with Gasteiger partial charge in [0.25, 0.3) is 5.91 Å². The Morgan fingerprint density at radius 2 is 1.97 bits per heavy atom. The molecule has 0 saturated carbocycles.